The number of amides is 1. The van der Waals surface area contributed by atoms with E-state index in [1.54, 1.807) is 0 Å². The predicted molar refractivity (Wildman–Crippen MR) is 79.4 cm³/mol. The molecule has 1 unspecified atom stereocenters. The monoisotopic (exact) mass is 260 g/mol. The minimum atomic E-state index is 0.226. The molecule has 1 saturated heterocycles. The van der Waals surface area contributed by atoms with Crippen molar-refractivity contribution in [1.82, 2.24) is 0 Å². The van der Waals surface area contributed by atoms with Crippen LogP contribution in [0.4, 0.5) is 5.69 Å². The lowest BCUT2D eigenvalue weighted by Gasteiger charge is -2.24. The summed E-state index contributed by atoms with van der Waals surface area (Å²) in [6, 6.07) is 4.41. The number of nitrogens with zero attached hydrogens (tertiary/aromatic N) is 1. The highest BCUT2D eigenvalue weighted by atomic mass is 16.2. The fourth-order valence-electron chi connectivity index (χ4n) is 2.98. The highest BCUT2D eigenvalue weighted by Crippen LogP contribution is 2.33. The van der Waals surface area contributed by atoms with Crippen molar-refractivity contribution in [2.75, 3.05) is 18.0 Å². The fourth-order valence-corrected chi connectivity index (χ4v) is 2.98. The lowest BCUT2D eigenvalue weighted by Crippen LogP contribution is -2.28. The molecule has 1 aliphatic heterocycles. The Kier molecular flexibility index (Phi) is 4.25. The van der Waals surface area contributed by atoms with E-state index in [-0.39, 0.29) is 5.91 Å². The first-order chi connectivity index (χ1) is 9.10. The lowest BCUT2D eigenvalue weighted by atomic mass is 9.98. The van der Waals surface area contributed by atoms with Gasteiger partial charge in [0.1, 0.15) is 0 Å². The molecule has 3 heteroatoms. The van der Waals surface area contributed by atoms with Crippen molar-refractivity contribution >= 4 is 11.6 Å². The number of hydrogen-bond donors (Lipinski definition) is 1. The molecule has 104 valence electrons. The minimum Gasteiger partial charge on any atom is -0.330 e. The molecule has 2 rings (SSSR count). The Morgan fingerprint density at radius 3 is 2.26 bits per heavy atom. The average molecular weight is 260 g/mol. The number of anilines is 1. The molecule has 1 aromatic rings. The van der Waals surface area contributed by atoms with Gasteiger partial charge in [-0.1, -0.05) is 31.5 Å². The molecule has 1 heterocycles. The van der Waals surface area contributed by atoms with Crippen LogP contribution >= 0.6 is 0 Å². The number of benzene rings is 1. The van der Waals surface area contributed by atoms with Crippen LogP contribution in [-0.4, -0.2) is 19.0 Å². The molecule has 0 aliphatic carbocycles. The van der Waals surface area contributed by atoms with Crippen LogP contribution in [0.3, 0.4) is 0 Å². The first-order valence-electron chi connectivity index (χ1n) is 7.23. The number of aryl methyl sites for hydroxylation is 3. The second-order valence-corrected chi connectivity index (χ2v) is 5.45. The van der Waals surface area contributed by atoms with Crippen LogP contribution in [0.25, 0.3) is 0 Å². The normalized spacial score (nSPS) is 19.3. The van der Waals surface area contributed by atoms with Gasteiger partial charge in [-0.05, 0) is 43.4 Å². The number of nitrogens with two attached hydrogens (primary N) is 1. The van der Waals surface area contributed by atoms with Crippen molar-refractivity contribution in [1.29, 1.82) is 0 Å². The van der Waals surface area contributed by atoms with Gasteiger partial charge in [0.15, 0.2) is 0 Å². The van der Waals surface area contributed by atoms with Gasteiger partial charge in [-0.15, -0.1) is 0 Å². The van der Waals surface area contributed by atoms with Gasteiger partial charge in [-0.3, -0.25) is 4.79 Å². The van der Waals surface area contributed by atoms with E-state index in [9.17, 15) is 4.79 Å². The van der Waals surface area contributed by atoms with E-state index in [1.807, 2.05) is 4.90 Å². The summed E-state index contributed by atoms with van der Waals surface area (Å²) in [6.45, 7) is 7.79. The molecular formula is C16H24N2O. The van der Waals surface area contributed by atoms with Crippen LogP contribution in [0, 0.1) is 12.8 Å². The van der Waals surface area contributed by atoms with Crippen LogP contribution in [0.2, 0.25) is 0 Å². The third-order valence-corrected chi connectivity index (χ3v) is 3.98. The van der Waals surface area contributed by atoms with Crippen molar-refractivity contribution in [2.24, 2.45) is 11.7 Å². The summed E-state index contributed by atoms with van der Waals surface area (Å²) in [5.41, 5.74) is 10.7. The molecule has 0 radical (unpaired) electrons. The van der Waals surface area contributed by atoms with E-state index in [1.165, 1.54) is 16.7 Å². The van der Waals surface area contributed by atoms with Gasteiger partial charge in [0.2, 0.25) is 5.91 Å². The molecule has 0 aromatic heterocycles. The molecule has 0 saturated carbocycles. The second-order valence-electron chi connectivity index (χ2n) is 5.45. The first-order valence-corrected chi connectivity index (χ1v) is 7.23. The third-order valence-electron chi connectivity index (χ3n) is 3.98. The molecule has 1 fully saturated rings. The molecule has 1 aromatic carbocycles. The molecule has 0 bridgehead atoms. The molecule has 0 spiro atoms. The van der Waals surface area contributed by atoms with Crippen LogP contribution in [-0.2, 0) is 17.6 Å². The third kappa shape index (κ3) is 2.66. The Balaban J connectivity index is 2.46. The summed E-state index contributed by atoms with van der Waals surface area (Å²) >= 11 is 0. The van der Waals surface area contributed by atoms with Crippen molar-refractivity contribution in [2.45, 2.75) is 40.0 Å². The van der Waals surface area contributed by atoms with Crippen molar-refractivity contribution in [3.8, 4) is 0 Å². The Morgan fingerprint density at radius 1 is 1.26 bits per heavy atom. The zero-order valence-corrected chi connectivity index (χ0v) is 12.2. The van der Waals surface area contributed by atoms with Crippen molar-refractivity contribution in [3.63, 3.8) is 0 Å². The highest BCUT2D eigenvalue weighted by molar-refractivity contribution is 5.97. The lowest BCUT2D eigenvalue weighted by molar-refractivity contribution is -0.117. The van der Waals surface area contributed by atoms with Gasteiger partial charge in [0.25, 0.3) is 0 Å². The van der Waals surface area contributed by atoms with Gasteiger partial charge < -0.3 is 10.6 Å². The van der Waals surface area contributed by atoms with E-state index in [0.29, 0.717) is 18.9 Å². The van der Waals surface area contributed by atoms with Gasteiger partial charge >= 0.3 is 0 Å². The van der Waals surface area contributed by atoms with Gasteiger partial charge in [0, 0.05) is 18.7 Å². The summed E-state index contributed by atoms with van der Waals surface area (Å²) in [5.74, 6) is 0.534. The maximum atomic E-state index is 12.2. The zero-order chi connectivity index (χ0) is 14.0. The number of carbonyl (C=O) groups is 1. The van der Waals surface area contributed by atoms with Crippen LogP contribution < -0.4 is 10.6 Å². The first kappa shape index (κ1) is 14.1. The van der Waals surface area contributed by atoms with Crippen LogP contribution in [0.15, 0.2) is 12.1 Å². The zero-order valence-electron chi connectivity index (χ0n) is 12.2. The summed E-state index contributed by atoms with van der Waals surface area (Å²) in [6.07, 6.45) is 2.51. The Labute approximate surface area is 115 Å². The smallest absolute Gasteiger partial charge is 0.227 e. The molecule has 1 aliphatic rings. The van der Waals surface area contributed by atoms with Crippen LogP contribution in [0.1, 0.15) is 37.0 Å². The van der Waals surface area contributed by atoms with Gasteiger partial charge in [-0.2, -0.15) is 0 Å². The van der Waals surface area contributed by atoms with Crippen molar-refractivity contribution < 1.29 is 4.79 Å². The Hall–Kier alpha value is -1.35. The van der Waals surface area contributed by atoms with E-state index >= 15 is 0 Å². The van der Waals surface area contributed by atoms with Crippen molar-refractivity contribution in [3.05, 3.63) is 28.8 Å². The topological polar surface area (TPSA) is 46.3 Å². The number of carbonyl (C=O) groups excluding carboxylic acids is 1. The predicted octanol–water partition coefficient (Wildman–Crippen LogP) is 2.43. The van der Waals surface area contributed by atoms with E-state index < -0.39 is 0 Å². The standard InChI is InChI=1S/C16H24N2O/c1-4-13-6-11(3)7-14(5-2)16(13)18-10-12(9-17)8-15(18)19/h6-7,12H,4-5,8-10,17H2,1-3H3. The summed E-state index contributed by atoms with van der Waals surface area (Å²) in [5, 5.41) is 0. The SMILES string of the molecule is CCc1cc(C)cc(CC)c1N1CC(CN)CC1=O. The van der Waals surface area contributed by atoms with Crippen LogP contribution in [0.5, 0.6) is 0 Å². The minimum absolute atomic E-state index is 0.226. The molecule has 1 atom stereocenters. The fraction of sp³-hybridized carbons (Fsp3) is 0.562. The summed E-state index contributed by atoms with van der Waals surface area (Å²) in [7, 11) is 0. The summed E-state index contributed by atoms with van der Waals surface area (Å²) < 4.78 is 0. The van der Waals surface area contributed by atoms with Gasteiger partial charge in [-0.25, -0.2) is 0 Å². The molecular weight excluding hydrogens is 236 g/mol. The quantitative estimate of drug-likeness (QED) is 0.903. The Bertz CT molecular complexity index is 457. The maximum absolute atomic E-state index is 12.2. The number of hydrogen-bond acceptors (Lipinski definition) is 2. The molecule has 19 heavy (non-hydrogen) atoms. The van der Waals surface area contributed by atoms with E-state index in [2.05, 4.69) is 32.9 Å². The average Bonchev–Trinajstić information content (AvgIpc) is 2.78. The highest BCUT2D eigenvalue weighted by Gasteiger charge is 2.31. The number of rotatable bonds is 4. The van der Waals surface area contributed by atoms with Gasteiger partial charge in [0.05, 0.1) is 0 Å². The summed E-state index contributed by atoms with van der Waals surface area (Å²) in [4.78, 5) is 14.2. The molecule has 2 N–H and O–H groups in total. The largest absolute Gasteiger partial charge is 0.330 e. The van der Waals surface area contributed by atoms with E-state index in [4.69, 9.17) is 5.73 Å². The van der Waals surface area contributed by atoms with E-state index in [0.717, 1.165) is 25.1 Å². The molecule has 3 nitrogen and oxygen atoms in total. The molecule has 1 amide bonds. The maximum Gasteiger partial charge on any atom is 0.227 e. The Morgan fingerprint density at radius 2 is 1.84 bits per heavy atom. The second kappa shape index (κ2) is 5.74.